The smallest absolute Gasteiger partial charge is 0.232 e. The first-order chi connectivity index (χ1) is 15.5. The molecule has 1 atom stereocenters. The van der Waals surface area contributed by atoms with Crippen molar-refractivity contribution in [3.8, 4) is 0 Å². The molecule has 2 fully saturated rings. The second kappa shape index (κ2) is 10.7. The predicted molar refractivity (Wildman–Crippen MR) is 138 cm³/mol. The summed E-state index contributed by atoms with van der Waals surface area (Å²) in [6, 6.07) is 9.91. The quantitative estimate of drug-likeness (QED) is 0.588. The molecule has 0 spiro atoms. The molecule has 2 aromatic rings. The maximum atomic E-state index is 6.26. The minimum Gasteiger partial charge on any atom is -0.358 e. The number of piperidine rings is 2. The molecule has 2 aliphatic heterocycles. The van der Waals surface area contributed by atoms with Crippen LogP contribution in [0, 0.1) is 11.8 Å². The van der Waals surface area contributed by atoms with Crippen LogP contribution in [-0.4, -0.2) is 41.3 Å². The lowest BCUT2D eigenvalue weighted by Crippen LogP contribution is -2.37. The number of benzene rings is 1. The van der Waals surface area contributed by atoms with Gasteiger partial charge in [-0.3, -0.25) is 0 Å². The van der Waals surface area contributed by atoms with Crippen LogP contribution in [-0.2, 0) is 6.54 Å². The summed E-state index contributed by atoms with van der Waals surface area (Å²) in [6.45, 7) is 9.31. The molecule has 0 saturated carbocycles. The van der Waals surface area contributed by atoms with Crippen molar-refractivity contribution in [1.82, 2.24) is 15.3 Å². The molecule has 2 saturated heterocycles. The van der Waals surface area contributed by atoms with Crippen molar-refractivity contribution in [2.45, 2.75) is 46.1 Å². The lowest BCUT2D eigenvalue weighted by Gasteiger charge is -2.34. The van der Waals surface area contributed by atoms with Gasteiger partial charge in [0.15, 0.2) is 5.11 Å². The van der Waals surface area contributed by atoms with Crippen LogP contribution in [0.4, 0.5) is 17.6 Å². The molecule has 8 heteroatoms. The first-order valence-corrected chi connectivity index (χ1v) is 12.4. The van der Waals surface area contributed by atoms with E-state index >= 15 is 0 Å². The molecular formula is C24H33ClN6S. The fraction of sp³-hybridized carbons (Fsp3) is 0.542. The third-order valence-corrected chi connectivity index (χ3v) is 7.03. The van der Waals surface area contributed by atoms with Crippen molar-refractivity contribution in [1.29, 1.82) is 0 Å². The Morgan fingerprint density at radius 3 is 2.47 bits per heavy atom. The van der Waals surface area contributed by atoms with Gasteiger partial charge < -0.3 is 20.4 Å². The van der Waals surface area contributed by atoms with Crippen molar-refractivity contribution >= 4 is 46.5 Å². The van der Waals surface area contributed by atoms with Crippen LogP contribution in [0.1, 0.15) is 45.1 Å². The molecule has 4 rings (SSSR count). The van der Waals surface area contributed by atoms with Crippen LogP contribution >= 0.6 is 23.8 Å². The van der Waals surface area contributed by atoms with E-state index in [-0.39, 0.29) is 0 Å². The Bertz CT molecular complexity index is 930. The highest BCUT2D eigenvalue weighted by Gasteiger charge is 2.22. The number of nitrogens with zero attached hydrogens (tertiary/aromatic N) is 4. The molecule has 0 unspecified atom stereocenters. The lowest BCUT2D eigenvalue weighted by molar-refractivity contribution is 0.435. The molecule has 1 aromatic heterocycles. The van der Waals surface area contributed by atoms with E-state index in [2.05, 4.69) is 40.3 Å². The number of aromatic nitrogens is 2. The Balaban J connectivity index is 1.50. The summed E-state index contributed by atoms with van der Waals surface area (Å²) in [5, 5.41) is 7.66. The highest BCUT2D eigenvalue weighted by atomic mass is 35.5. The van der Waals surface area contributed by atoms with Gasteiger partial charge >= 0.3 is 0 Å². The molecule has 6 nitrogen and oxygen atoms in total. The molecule has 0 aliphatic carbocycles. The van der Waals surface area contributed by atoms with Crippen LogP contribution in [0.2, 0.25) is 5.02 Å². The van der Waals surface area contributed by atoms with Crippen molar-refractivity contribution in [2.24, 2.45) is 11.8 Å². The lowest BCUT2D eigenvalue weighted by atomic mass is 9.99. The Morgan fingerprint density at radius 1 is 1.03 bits per heavy atom. The zero-order chi connectivity index (χ0) is 22.5. The van der Waals surface area contributed by atoms with Crippen LogP contribution < -0.4 is 20.4 Å². The second-order valence-corrected chi connectivity index (χ2v) is 9.99. The van der Waals surface area contributed by atoms with E-state index in [1.54, 1.807) is 0 Å². The average Bonchev–Trinajstić information content (AvgIpc) is 2.79. The largest absolute Gasteiger partial charge is 0.358 e. The number of rotatable bonds is 5. The highest BCUT2D eigenvalue weighted by Crippen LogP contribution is 2.28. The molecule has 0 bridgehead atoms. The van der Waals surface area contributed by atoms with E-state index in [0.717, 1.165) is 54.3 Å². The summed E-state index contributed by atoms with van der Waals surface area (Å²) in [7, 11) is 0. The Kier molecular flexibility index (Phi) is 7.68. The molecule has 0 radical (unpaired) electrons. The Labute approximate surface area is 201 Å². The first-order valence-electron chi connectivity index (χ1n) is 11.6. The van der Waals surface area contributed by atoms with Gasteiger partial charge in [-0.15, -0.1) is 0 Å². The summed E-state index contributed by atoms with van der Waals surface area (Å²) in [5.74, 6) is 3.96. The SMILES string of the molecule is CC1CCN(c2cc(N3CCC[C@@H](C)C3)nc(NC(=S)NCc3ccccc3Cl)n2)CC1. The maximum absolute atomic E-state index is 6.26. The normalized spacial score (nSPS) is 19.7. The van der Waals surface area contributed by atoms with E-state index in [1.807, 2.05) is 24.3 Å². The minimum atomic E-state index is 0.493. The average molecular weight is 473 g/mol. The van der Waals surface area contributed by atoms with E-state index in [1.165, 1.54) is 25.7 Å². The molecule has 32 heavy (non-hydrogen) atoms. The standard InChI is InChI=1S/C24H33ClN6S/c1-17-9-12-30(13-10-17)21-14-22(31-11-5-6-18(2)16-31)28-23(27-21)29-24(32)26-15-19-7-3-4-8-20(19)25/h3-4,7-8,14,17-18H,5-6,9-13,15-16H2,1-2H3,(H2,26,27,28,29,32)/t18-/m1/s1. The number of hydrogen-bond donors (Lipinski definition) is 2. The van der Waals surface area contributed by atoms with Gasteiger partial charge in [0.2, 0.25) is 5.95 Å². The number of thiocarbonyl (C=S) groups is 1. The number of hydrogen-bond acceptors (Lipinski definition) is 5. The summed E-state index contributed by atoms with van der Waals surface area (Å²) in [5.41, 5.74) is 0.999. The van der Waals surface area contributed by atoms with Crippen LogP contribution in [0.5, 0.6) is 0 Å². The molecule has 2 N–H and O–H groups in total. The fourth-order valence-electron chi connectivity index (χ4n) is 4.40. The van der Waals surface area contributed by atoms with Gasteiger partial charge in [0, 0.05) is 43.8 Å². The van der Waals surface area contributed by atoms with Crippen molar-refractivity contribution < 1.29 is 0 Å². The fourth-order valence-corrected chi connectivity index (χ4v) is 4.77. The third kappa shape index (κ3) is 6.01. The first kappa shape index (κ1) is 23.1. The topological polar surface area (TPSA) is 56.3 Å². The molecule has 2 aliphatic rings. The summed E-state index contributed by atoms with van der Waals surface area (Å²) in [6.07, 6.45) is 4.86. The number of anilines is 3. The second-order valence-electron chi connectivity index (χ2n) is 9.17. The van der Waals surface area contributed by atoms with Gasteiger partial charge in [0.25, 0.3) is 0 Å². The van der Waals surface area contributed by atoms with Crippen LogP contribution in [0.3, 0.4) is 0 Å². The highest BCUT2D eigenvalue weighted by molar-refractivity contribution is 7.80. The van der Waals surface area contributed by atoms with Crippen LogP contribution in [0.25, 0.3) is 0 Å². The molecule has 172 valence electrons. The predicted octanol–water partition coefficient (Wildman–Crippen LogP) is 5.09. The van der Waals surface area contributed by atoms with Gasteiger partial charge in [-0.1, -0.05) is 43.6 Å². The van der Waals surface area contributed by atoms with Gasteiger partial charge in [-0.05, 0) is 61.4 Å². The Hall–Kier alpha value is -2.12. The van der Waals surface area contributed by atoms with E-state index < -0.39 is 0 Å². The minimum absolute atomic E-state index is 0.493. The summed E-state index contributed by atoms with van der Waals surface area (Å²) in [4.78, 5) is 14.4. The summed E-state index contributed by atoms with van der Waals surface area (Å²) >= 11 is 11.8. The number of halogens is 1. The van der Waals surface area contributed by atoms with Gasteiger partial charge in [-0.25, -0.2) is 0 Å². The molecule has 0 amide bonds. The summed E-state index contributed by atoms with van der Waals surface area (Å²) < 4.78 is 0. The van der Waals surface area contributed by atoms with E-state index in [9.17, 15) is 0 Å². The van der Waals surface area contributed by atoms with E-state index in [4.69, 9.17) is 33.8 Å². The van der Waals surface area contributed by atoms with Gasteiger partial charge in [0.05, 0.1) is 0 Å². The molecular weight excluding hydrogens is 440 g/mol. The van der Waals surface area contributed by atoms with Crippen molar-refractivity contribution in [2.75, 3.05) is 41.3 Å². The zero-order valence-electron chi connectivity index (χ0n) is 19.0. The Morgan fingerprint density at radius 2 is 1.75 bits per heavy atom. The third-order valence-electron chi connectivity index (χ3n) is 6.41. The van der Waals surface area contributed by atoms with Gasteiger partial charge in [0.1, 0.15) is 11.6 Å². The molecule has 3 heterocycles. The monoisotopic (exact) mass is 472 g/mol. The molecule has 1 aromatic carbocycles. The van der Waals surface area contributed by atoms with Gasteiger partial charge in [-0.2, -0.15) is 9.97 Å². The van der Waals surface area contributed by atoms with E-state index in [0.29, 0.717) is 23.5 Å². The van der Waals surface area contributed by atoms with Crippen LogP contribution in [0.15, 0.2) is 30.3 Å². The van der Waals surface area contributed by atoms with Crippen molar-refractivity contribution in [3.63, 3.8) is 0 Å². The zero-order valence-corrected chi connectivity index (χ0v) is 20.6. The number of nitrogens with one attached hydrogen (secondary N) is 2. The van der Waals surface area contributed by atoms with Crippen molar-refractivity contribution in [3.05, 3.63) is 40.9 Å². The maximum Gasteiger partial charge on any atom is 0.232 e.